The maximum Gasteiger partial charge on any atom is 0.331 e. The summed E-state index contributed by atoms with van der Waals surface area (Å²) >= 11 is 5.91. The first-order valence-electron chi connectivity index (χ1n) is 8.22. The number of imidazole rings is 1. The fraction of sp³-hybridized carbons (Fsp3) is 0.200. The van der Waals surface area contributed by atoms with E-state index in [0.717, 1.165) is 22.6 Å². The van der Waals surface area contributed by atoms with E-state index in [1.54, 1.807) is 17.7 Å². The number of carbonyl (C=O) groups is 1. The van der Waals surface area contributed by atoms with Crippen LogP contribution in [0.3, 0.4) is 0 Å². The standard InChI is InChI=1S/C20H20ClN3O2/c1-14-11-16(15(2)24(14)17-7-5-4-6-8-17)9-10-20(25)26-13-19-22-12-18(21)23(19)3/h4-12H,13H2,1-3H3/b10-9+. The van der Waals surface area contributed by atoms with Gasteiger partial charge in [-0.25, -0.2) is 9.78 Å². The summed E-state index contributed by atoms with van der Waals surface area (Å²) in [5, 5.41) is 0.500. The zero-order valence-corrected chi connectivity index (χ0v) is 15.7. The van der Waals surface area contributed by atoms with Crippen molar-refractivity contribution in [2.24, 2.45) is 7.05 Å². The minimum absolute atomic E-state index is 0.0788. The highest BCUT2D eigenvalue weighted by atomic mass is 35.5. The van der Waals surface area contributed by atoms with Crippen molar-refractivity contribution in [2.75, 3.05) is 0 Å². The minimum atomic E-state index is -0.423. The van der Waals surface area contributed by atoms with E-state index in [-0.39, 0.29) is 6.61 Å². The molecule has 2 heterocycles. The summed E-state index contributed by atoms with van der Waals surface area (Å²) in [6.45, 7) is 4.15. The first-order chi connectivity index (χ1) is 12.5. The van der Waals surface area contributed by atoms with Crippen molar-refractivity contribution in [1.29, 1.82) is 0 Å². The average molecular weight is 370 g/mol. The molecule has 2 aromatic heterocycles. The van der Waals surface area contributed by atoms with Gasteiger partial charge in [0.1, 0.15) is 17.6 Å². The number of aryl methyl sites for hydroxylation is 1. The van der Waals surface area contributed by atoms with E-state index < -0.39 is 5.97 Å². The molecule has 0 radical (unpaired) electrons. The molecule has 6 heteroatoms. The summed E-state index contributed by atoms with van der Waals surface area (Å²) in [5.74, 6) is 0.174. The van der Waals surface area contributed by atoms with Gasteiger partial charge in [0, 0.05) is 30.2 Å². The van der Waals surface area contributed by atoms with Gasteiger partial charge in [0.15, 0.2) is 0 Å². The molecule has 3 rings (SSSR count). The summed E-state index contributed by atoms with van der Waals surface area (Å²) in [5.41, 5.74) is 4.23. The molecule has 0 spiro atoms. The largest absolute Gasteiger partial charge is 0.454 e. The third kappa shape index (κ3) is 3.73. The Morgan fingerprint density at radius 3 is 2.65 bits per heavy atom. The Hall–Kier alpha value is -2.79. The number of aromatic nitrogens is 3. The summed E-state index contributed by atoms with van der Waals surface area (Å²) < 4.78 is 9.06. The fourth-order valence-corrected chi connectivity index (χ4v) is 2.98. The van der Waals surface area contributed by atoms with Crippen LogP contribution in [0.1, 0.15) is 22.8 Å². The van der Waals surface area contributed by atoms with Crippen LogP contribution < -0.4 is 0 Å². The van der Waals surface area contributed by atoms with E-state index in [9.17, 15) is 4.79 Å². The molecule has 3 aromatic rings. The first kappa shape index (κ1) is 18.0. The quantitative estimate of drug-likeness (QED) is 0.499. The molecule has 0 saturated heterocycles. The number of hydrogen-bond acceptors (Lipinski definition) is 3. The van der Waals surface area contributed by atoms with Gasteiger partial charge >= 0.3 is 5.97 Å². The Balaban J connectivity index is 1.70. The van der Waals surface area contributed by atoms with E-state index in [2.05, 4.69) is 21.7 Å². The van der Waals surface area contributed by atoms with E-state index in [0.29, 0.717) is 11.0 Å². The van der Waals surface area contributed by atoms with Crippen LogP contribution in [0.2, 0.25) is 5.15 Å². The first-order valence-corrected chi connectivity index (χ1v) is 8.60. The Kier molecular flexibility index (Phi) is 5.28. The Labute approximate surface area is 157 Å². The van der Waals surface area contributed by atoms with Crippen LogP contribution in [0.25, 0.3) is 11.8 Å². The number of benzene rings is 1. The van der Waals surface area contributed by atoms with Crippen molar-refractivity contribution >= 4 is 23.6 Å². The zero-order chi connectivity index (χ0) is 18.7. The van der Waals surface area contributed by atoms with Crippen molar-refractivity contribution in [3.63, 3.8) is 0 Å². The van der Waals surface area contributed by atoms with Crippen LogP contribution in [-0.4, -0.2) is 20.1 Å². The Bertz CT molecular complexity index is 955. The predicted molar refractivity (Wildman–Crippen MR) is 102 cm³/mol. The van der Waals surface area contributed by atoms with Crippen molar-refractivity contribution in [3.05, 3.63) is 76.6 Å². The van der Waals surface area contributed by atoms with E-state index >= 15 is 0 Å². The van der Waals surface area contributed by atoms with Gasteiger partial charge in [-0.3, -0.25) is 0 Å². The lowest BCUT2D eigenvalue weighted by Crippen LogP contribution is -2.05. The molecule has 0 aliphatic rings. The van der Waals surface area contributed by atoms with Gasteiger partial charge in [0.05, 0.1) is 6.20 Å². The van der Waals surface area contributed by atoms with Gasteiger partial charge in [-0.1, -0.05) is 29.8 Å². The molecule has 26 heavy (non-hydrogen) atoms. The Morgan fingerprint density at radius 1 is 1.27 bits per heavy atom. The predicted octanol–water partition coefficient (Wildman–Crippen LogP) is 4.24. The van der Waals surface area contributed by atoms with Crippen LogP contribution in [0, 0.1) is 13.8 Å². The SMILES string of the molecule is Cc1cc(/C=C/C(=O)OCc2ncc(Cl)n2C)c(C)n1-c1ccccc1. The summed E-state index contributed by atoms with van der Waals surface area (Å²) in [4.78, 5) is 16.1. The number of halogens is 1. The second kappa shape index (κ2) is 7.62. The third-order valence-electron chi connectivity index (χ3n) is 4.25. The number of ether oxygens (including phenoxy) is 1. The molecule has 0 aliphatic carbocycles. The molecule has 5 nitrogen and oxygen atoms in total. The third-order valence-corrected chi connectivity index (χ3v) is 4.61. The minimum Gasteiger partial charge on any atom is -0.454 e. The molecular weight excluding hydrogens is 350 g/mol. The van der Waals surface area contributed by atoms with Crippen molar-refractivity contribution in [2.45, 2.75) is 20.5 Å². The highest BCUT2D eigenvalue weighted by Gasteiger charge is 2.10. The van der Waals surface area contributed by atoms with Gasteiger partial charge in [-0.2, -0.15) is 0 Å². The van der Waals surface area contributed by atoms with E-state index in [4.69, 9.17) is 16.3 Å². The van der Waals surface area contributed by atoms with Crippen LogP contribution in [-0.2, 0) is 23.2 Å². The summed E-state index contributed by atoms with van der Waals surface area (Å²) in [6.07, 6.45) is 4.73. The van der Waals surface area contributed by atoms with Gasteiger partial charge in [-0.05, 0) is 43.7 Å². The van der Waals surface area contributed by atoms with Crippen LogP contribution in [0.15, 0.2) is 48.7 Å². The Morgan fingerprint density at radius 2 is 2.00 bits per heavy atom. The van der Waals surface area contributed by atoms with Crippen molar-refractivity contribution in [1.82, 2.24) is 14.1 Å². The fourth-order valence-electron chi connectivity index (χ4n) is 2.83. The second-order valence-corrected chi connectivity index (χ2v) is 6.38. The molecule has 0 fully saturated rings. The summed E-state index contributed by atoms with van der Waals surface area (Å²) in [7, 11) is 1.77. The lowest BCUT2D eigenvalue weighted by molar-refractivity contribution is -0.139. The summed E-state index contributed by atoms with van der Waals surface area (Å²) in [6, 6.07) is 12.2. The lowest BCUT2D eigenvalue weighted by Gasteiger charge is -2.09. The number of esters is 1. The maximum atomic E-state index is 12.0. The number of carbonyl (C=O) groups excluding carboxylic acids is 1. The van der Waals surface area contributed by atoms with E-state index in [1.807, 2.05) is 38.1 Å². The van der Waals surface area contributed by atoms with E-state index in [1.165, 1.54) is 12.3 Å². The lowest BCUT2D eigenvalue weighted by atomic mass is 10.2. The molecule has 0 bridgehead atoms. The molecule has 0 aliphatic heterocycles. The van der Waals surface area contributed by atoms with Crippen molar-refractivity contribution in [3.8, 4) is 5.69 Å². The topological polar surface area (TPSA) is 49.0 Å². The average Bonchev–Trinajstić information content (AvgIpc) is 3.11. The number of rotatable bonds is 5. The normalized spacial score (nSPS) is 11.2. The van der Waals surface area contributed by atoms with Crippen LogP contribution in [0.4, 0.5) is 0 Å². The smallest absolute Gasteiger partial charge is 0.331 e. The molecule has 0 unspecified atom stereocenters. The second-order valence-electron chi connectivity index (χ2n) is 5.99. The van der Waals surface area contributed by atoms with Gasteiger partial charge < -0.3 is 13.9 Å². The molecule has 0 atom stereocenters. The molecule has 1 aromatic carbocycles. The van der Waals surface area contributed by atoms with Gasteiger partial charge in [-0.15, -0.1) is 0 Å². The molecule has 134 valence electrons. The number of hydrogen-bond donors (Lipinski definition) is 0. The molecular formula is C20H20ClN3O2. The van der Waals surface area contributed by atoms with Gasteiger partial charge in [0.25, 0.3) is 0 Å². The number of para-hydroxylation sites is 1. The maximum absolute atomic E-state index is 12.0. The van der Waals surface area contributed by atoms with Crippen LogP contribution in [0.5, 0.6) is 0 Å². The number of nitrogens with zero attached hydrogens (tertiary/aromatic N) is 3. The highest BCUT2D eigenvalue weighted by molar-refractivity contribution is 6.29. The monoisotopic (exact) mass is 369 g/mol. The molecule has 0 saturated carbocycles. The van der Waals surface area contributed by atoms with Gasteiger partial charge in [0.2, 0.25) is 0 Å². The molecule has 0 N–H and O–H groups in total. The molecule has 0 amide bonds. The van der Waals surface area contributed by atoms with Crippen LogP contribution >= 0.6 is 11.6 Å². The zero-order valence-electron chi connectivity index (χ0n) is 14.9. The van der Waals surface area contributed by atoms with Crippen molar-refractivity contribution < 1.29 is 9.53 Å². The highest BCUT2D eigenvalue weighted by Crippen LogP contribution is 2.21.